The zero-order chi connectivity index (χ0) is 14.7. The van der Waals surface area contributed by atoms with Crippen LogP contribution in [0, 0.1) is 10.1 Å². The summed E-state index contributed by atoms with van der Waals surface area (Å²) in [5.74, 6) is 1.20. The second kappa shape index (κ2) is 6.00. The molecule has 20 heavy (non-hydrogen) atoms. The van der Waals surface area contributed by atoms with Crippen LogP contribution < -0.4 is 10.1 Å². The van der Waals surface area contributed by atoms with Crippen molar-refractivity contribution in [2.75, 3.05) is 39.6 Å². The summed E-state index contributed by atoms with van der Waals surface area (Å²) in [5.41, 5.74) is -0.198. The van der Waals surface area contributed by atoms with Crippen LogP contribution in [0.1, 0.15) is 24.6 Å². The first-order chi connectivity index (χ1) is 9.52. The number of methoxy groups -OCH3 is 1. The lowest BCUT2D eigenvalue weighted by molar-refractivity contribution is -0.385. The number of rotatable bonds is 7. The number of nitrogens with one attached hydrogen (secondary N) is 1. The number of ether oxygens (including phenoxy) is 1. The maximum Gasteiger partial charge on any atom is 0.372 e. The second-order valence-electron chi connectivity index (χ2n) is 5.05. The predicted octanol–water partition coefficient (Wildman–Crippen LogP) is 1.24. The number of hydrogen-bond acceptors (Lipinski definition) is 7. The van der Waals surface area contributed by atoms with Gasteiger partial charge in [0.25, 0.3) is 5.88 Å². The molecule has 8 nitrogen and oxygen atoms in total. The van der Waals surface area contributed by atoms with Gasteiger partial charge in [-0.15, -0.1) is 0 Å². The van der Waals surface area contributed by atoms with E-state index in [9.17, 15) is 10.1 Å². The van der Waals surface area contributed by atoms with Crippen LogP contribution in [0.4, 0.5) is 11.5 Å². The summed E-state index contributed by atoms with van der Waals surface area (Å²) >= 11 is 0. The SMILES string of the molecule is COc1nc(C2CC2)nc(NCCN(C)C)c1[N+](=O)[O-]. The highest BCUT2D eigenvalue weighted by Crippen LogP contribution is 2.41. The summed E-state index contributed by atoms with van der Waals surface area (Å²) in [6.07, 6.45) is 2.05. The van der Waals surface area contributed by atoms with Gasteiger partial charge in [0.05, 0.1) is 12.0 Å². The summed E-state index contributed by atoms with van der Waals surface area (Å²) < 4.78 is 5.05. The zero-order valence-electron chi connectivity index (χ0n) is 11.9. The van der Waals surface area contributed by atoms with E-state index in [2.05, 4.69) is 15.3 Å². The van der Waals surface area contributed by atoms with Crippen molar-refractivity contribution in [2.24, 2.45) is 0 Å². The molecule has 2 rings (SSSR count). The molecule has 1 aromatic rings. The van der Waals surface area contributed by atoms with Gasteiger partial charge in [-0.3, -0.25) is 10.1 Å². The molecule has 0 spiro atoms. The first-order valence-corrected chi connectivity index (χ1v) is 6.51. The van der Waals surface area contributed by atoms with E-state index in [1.165, 1.54) is 7.11 Å². The molecular formula is C12H19N5O3. The van der Waals surface area contributed by atoms with Crippen molar-refractivity contribution in [3.8, 4) is 5.88 Å². The average Bonchev–Trinajstić information content (AvgIpc) is 3.21. The van der Waals surface area contributed by atoms with Gasteiger partial charge >= 0.3 is 5.69 Å². The van der Waals surface area contributed by atoms with Crippen LogP contribution in [0.2, 0.25) is 0 Å². The normalized spacial score (nSPS) is 14.4. The molecule has 0 aromatic carbocycles. The van der Waals surface area contributed by atoms with Crippen molar-refractivity contribution in [3.63, 3.8) is 0 Å². The van der Waals surface area contributed by atoms with Gasteiger partial charge in [-0.25, -0.2) is 4.98 Å². The highest BCUT2D eigenvalue weighted by atomic mass is 16.6. The Bertz CT molecular complexity index is 502. The van der Waals surface area contributed by atoms with E-state index in [-0.39, 0.29) is 17.4 Å². The minimum atomic E-state index is -0.506. The van der Waals surface area contributed by atoms with Crippen LogP contribution in [0.15, 0.2) is 0 Å². The van der Waals surface area contributed by atoms with Gasteiger partial charge in [-0.05, 0) is 26.9 Å². The number of aromatic nitrogens is 2. The molecule has 0 amide bonds. The molecule has 0 aliphatic heterocycles. The van der Waals surface area contributed by atoms with E-state index in [0.717, 1.165) is 19.4 Å². The molecule has 110 valence electrons. The van der Waals surface area contributed by atoms with Gasteiger partial charge < -0.3 is 15.0 Å². The Morgan fingerprint density at radius 3 is 2.65 bits per heavy atom. The van der Waals surface area contributed by atoms with E-state index in [1.54, 1.807) is 0 Å². The monoisotopic (exact) mass is 281 g/mol. The molecule has 1 aliphatic carbocycles. The van der Waals surface area contributed by atoms with E-state index in [4.69, 9.17) is 4.74 Å². The standard InChI is InChI=1S/C12H19N5O3/c1-16(2)7-6-13-11-9(17(18)19)12(20-3)15-10(14-11)8-4-5-8/h8H,4-7H2,1-3H3,(H,13,14,15). The van der Waals surface area contributed by atoms with Crippen molar-refractivity contribution in [3.05, 3.63) is 15.9 Å². The number of nitro groups is 1. The molecule has 1 heterocycles. The fourth-order valence-electron chi connectivity index (χ4n) is 1.80. The van der Waals surface area contributed by atoms with Crippen LogP contribution in [-0.2, 0) is 0 Å². The van der Waals surface area contributed by atoms with Crippen LogP contribution in [0.25, 0.3) is 0 Å². The first kappa shape index (κ1) is 14.4. The van der Waals surface area contributed by atoms with Crippen molar-refractivity contribution < 1.29 is 9.66 Å². The summed E-state index contributed by atoms with van der Waals surface area (Å²) in [5, 5.41) is 14.2. The fourth-order valence-corrected chi connectivity index (χ4v) is 1.80. The van der Waals surface area contributed by atoms with E-state index >= 15 is 0 Å². The summed E-state index contributed by atoms with van der Waals surface area (Å²) in [4.78, 5) is 21.1. The Hall–Kier alpha value is -1.96. The Kier molecular flexibility index (Phi) is 4.33. The third-order valence-electron chi connectivity index (χ3n) is 3.04. The summed E-state index contributed by atoms with van der Waals surface area (Å²) in [7, 11) is 5.26. The number of likely N-dealkylation sites (N-methyl/N-ethyl adjacent to an activating group) is 1. The first-order valence-electron chi connectivity index (χ1n) is 6.51. The van der Waals surface area contributed by atoms with Gasteiger partial charge in [0.1, 0.15) is 5.82 Å². The highest BCUT2D eigenvalue weighted by Gasteiger charge is 2.32. The minimum Gasteiger partial charge on any atom is -0.476 e. The molecule has 1 N–H and O–H groups in total. The Morgan fingerprint density at radius 2 is 2.15 bits per heavy atom. The average molecular weight is 281 g/mol. The van der Waals surface area contributed by atoms with Crippen LogP contribution in [0.5, 0.6) is 5.88 Å². The third kappa shape index (κ3) is 3.32. The van der Waals surface area contributed by atoms with Crippen molar-refractivity contribution in [1.29, 1.82) is 0 Å². The number of hydrogen-bond donors (Lipinski definition) is 1. The quantitative estimate of drug-likeness (QED) is 0.593. The Labute approximate surface area is 117 Å². The maximum atomic E-state index is 11.2. The van der Waals surface area contributed by atoms with Gasteiger partial charge in [0.15, 0.2) is 0 Å². The van der Waals surface area contributed by atoms with Gasteiger partial charge in [-0.2, -0.15) is 4.98 Å². The third-order valence-corrected chi connectivity index (χ3v) is 3.04. The highest BCUT2D eigenvalue weighted by molar-refractivity contribution is 5.62. The molecule has 0 unspecified atom stereocenters. The summed E-state index contributed by atoms with van der Waals surface area (Å²) in [6, 6.07) is 0. The lowest BCUT2D eigenvalue weighted by atomic mass is 10.3. The van der Waals surface area contributed by atoms with Gasteiger partial charge in [-0.1, -0.05) is 0 Å². The molecule has 0 radical (unpaired) electrons. The van der Waals surface area contributed by atoms with E-state index < -0.39 is 4.92 Å². The molecule has 1 aromatic heterocycles. The van der Waals surface area contributed by atoms with Crippen molar-refractivity contribution in [2.45, 2.75) is 18.8 Å². The molecule has 0 bridgehead atoms. The smallest absolute Gasteiger partial charge is 0.372 e. The van der Waals surface area contributed by atoms with E-state index in [1.807, 2.05) is 19.0 Å². The Balaban J connectivity index is 2.29. The number of anilines is 1. The molecule has 0 atom stereocenters. The molecule has 0 saturated heterocycles. The van der Waals surface area contributed by atoms with Gasteiger partial charge in [0, 0.05) is 19.0 Å². The Morgan fingerprint density at radius 1 is 1.45 bits per heavy atom. The van der Waals surface area contributed by atoms with Gasteiger partial charge in [0.2, 0.25) is 5.82 Å². The fraction of sp³-hybridized carbons (Fsp3) is 0.667. The molecular weight excluding hydrogens is 262 g/mol. The maximum absolute atomic E-state index is 11.2. The van der Waals surface area contributed by atoms with E-state index in [0.29, 0.717) is 18.3 Å². The predicted molar refractivity (Wildman–Crippen MR) is 74.3 cm³/mol. The van der Waals surface area contributed by atoms with Crippen molar-refractivity contribution >= 4 is 11.5 Å². The largest absolute Gasteiger partial charge is 0.476 e. The lowest BCUT2D eigenvalue weighted by Crippen LogP contribution is -2.22. The molecule has 1 fully saturated rings. The topological polar surface area (TPSA) is 93.4 Å². The number of nitrogens with zero attached hydrogens (tertiary/aromatic N) is 4. The molecule has 1 aliphatic rings. The molecule has 8 heteroatoms. The lowest BCUT2D eigenvalue weighted by Gasteiger charge is -2.12. The van der Waals surface area contributed by atoms with Crippen LogP contribution >= 0.6 is 0 Å². The minimum absolute atomic E-state index is 0.0271. The molecule has 1 saturated carbocycles. The van der Waals surface area contributed by atoms with Crippen LogP contribution in [-0.4, -0.2) is 54.1 Å². The van der Waals surface area contributed by atoms with Crippen LogP contribution in [0.3, 0.4) is 0 Å². The second-order valence-corrected chi connectivity index (χ2v) is 5.05. The van der Waals surface area contributed by atoms with Crippen molar-refractivity contribution in [1.82, 2.24) is 14.9 Å². The zero-order valence-corrected chi connectivity index (χ0v) is 11.9. The summed E-state index contributed by atoms with van der Waals surface area (Å²) in [6.45, 7) is 1.32.